The van der Waals surface area contributed by atoms with E-state index < -0.39 is 0 Å². The lowest BCUT2D eigenvalue weighted by Gasteiger charge is -2.18. The minimum atomic E-state index is -0.363. The molecule has 0 amide bonds. The minimum Gasteiger partial charge on any atom is -0.454 e. The Kier molecular flexibility index (Phi) is 2.93. The van der Waals surface area contributed by atoms with E-state index in [4.69, 9.17) is 9.47 Å². The van der Waals surface area contributed by atoms with Crippen LogP contribution in [0.5, 0.6) is 0 Å². The Morgan fingerprint density at radius 3 is 1.55 bits per heavy atom. The van der Waals surface area contributed by atoms with Gasteiger partial charge in [-0.3, -0.25) is 0 Å². The number of ether oxygens (including phenoxy) is 2. The zero-order chi connectivity index (χ0) is 14.3. The van der Waals surface area contributed by atoms with Gasteiger partial charge in [0.2, 0.25) is 0 Å². The molecule has 2 saturated heterocycles. The summed E-state index contributed by atoms with van der Waals surface area (Å²) in [7, 11) is 0. The molecule has 4 heteroatoms. The van der Waals surface area contributed by atoms with E-state index in [0.29, 0.717) is 24.0 Å². The zero-order valence-corrected chi connectivity index (χ0v) is 10.9. The molecule has 1 aromatic rings. The van der Waals surface area contributed by atoms with Gasteiger partial charge in [0.15, 0.2) is 0 Å². The second-order valence-electron chi connectivity index (χ2n) is 5.03. The maximum Gasteiger partial charge on any atom is 0.334 e. The van der Waals surface area contributed by atoms with Crippen LogP contribution in [0.15, 0.2) is 48.6 Å². The lowest BCUT2D eigenvalue weighted by atomic mass is 9.94. The fraction of sp³-hybridized carbons (Fsp3) is 0.250. The molecule has 1 aromatic carbocycles. The molecule has 0 bridgehead atoms. The van der Waals surface area contributed by atoms with Crippen molar-refractivity contribution in [1.29, 1.82) is 0 Å². The van der Waals surface area contributed by atoms with Crippen LogP contribution in [0.25, 0.3) is 0 Å². The van der Waals surface area contributed by atoms with Crippen molar-refractivity contribution in [2.24, 2.45) is 0 Å². The molecule has 0 saturated carbocycles. The van der Waals surface area contributed by atoms with E-state index >= 15 is 0 Å². The predicted molar refractivity (Wildman–Crippen MR) is 71.6 cm³/mol. The molecular weight excluding hydrogens is 256 g/mol. The molecule has 4 nitrogen and oxygen atoms in total. The van der Waals surface area contributed by atoms with Crippen LogP contribution in [0.3, 0.4) is 0 Å². The number of rotatable bonds is 2. The molecule has 20 heavy (non-hydrogen) atoms. The number of esters is 2. The molecular formula is C16H14O4. The highest BCUT2D eigenvalue weighted by Crippen LogP contribution is 2.40. The number of hydrogen-bond acceptors (Lipinski definition) is 4. The number of carbonyl (C=O) groups is 2. The molecule has 2 unspecified atom stereocenters. The van der Waals surface area contributed by atoms with Crippen LogP contribution in [0.4, 0.5) is 0 Å². The molecule has 0 aromatic heterocycles. The summed E-state index contributed by atoms with van der Waals surface area (Å²) in [6.45, 7) is 7.38. The molecule has 0 radical (unpaired) electrons. The summed E-state index contributed by atoms with van der Waals surface area (Å²) in [6.07, 6.45) is 0.243. The van der Waals surface area contributed by atoms with Gasteiger partial charge in [-0.2, -0.15) is 0 Å². The largest absolute Gasteiger partial charge is 0.454 e. The first-order chi connectivity index (χ1) is 9.56. The summed E-state index contributed by atoms with van der Waals surface area (Å²) >= 11 is 0. The lowest BCUT2D eigenvalue weighted by Crippen LogP contribution is -2.07. The van der Waals surface area contributed by atoms with Gasteiger partial charge in [-0.05, 0) is 11.1 Å². The van der Waals surface area contributed by atoms with Gasteiger partial charge in [-0.1, -0.05) is 37.4 Å². The summed E-state index contributed by atoms with van der Waals surface area (Å²) in [5.41, 5.74) is 2.68. The Bertz CT molecular complexity index is 542. The van der Waals surface area contributed by atoms with Gasteiger partial charge in [0.1, 0.15) is 12.2 Å². The van der Waals surface area contributed by atoms with Crippen LogP contribution in [0, 0.1) is 0 Å². The van der Waals surface area contributed by atoms with Crippen LogP contribution in [-0.4, -0.2) is 11.9 Å². The smallest absolute Gasteiger partial charge is 0.334 e. The summed E-state index contributed by atoms with van der Waals surface area (Å²) in [6, 6.07) is 7.53. The van der Waals surface area contributed by atoms with Crippen molar-refractivity contribution in [3.8, 4) is 0 Å². The quantitative estimate of drug-likeness (QED) is 0.612. The van der Waals surface area contributed by atoms with Crippen molar-refractivity contribution in [1.82, 2.24) is 0 Å². The van der Waals surface area contributed by atoms with E-state index in [1.165, 1.54) is 0 Å². The van der Waals surface area contributed by atoms with Crippen molar-refractivity contribution in [3.63, 3.8) is 0 Å². The van der Waals surface area contributed by atoms with Crippen LogP contribution in [0.1, 0.15) is 36.2 Å². The standard InChI is InChI=1S/C16H14O4/c1-9-7-13(19-15(9)17)11-5-3-4-6-12(11)14-8-10(2)16(18)20-14/h3-6,13-14H,1-2,7-8H2. The maximum absolute atomic E-state index is 11.5. The molecule has 2 heterocycles. The lowest BCUT2D eigenvalue weighted by molar-refractivity contribution is -0.140. The monoisotopic (exact) mass is 270 g/mol. The van der Waals surface area contributed by atoms with Gasteiger partial charge >= 0.3 is 11.9 Å². The van der Waals surface area contributed by atoms with Crippen LogP contribution < -0.4 is 0 Å². The Labute approximate surface area is 116 Å². The van der Waals surface area contributed by atoms with Crippen molar-refractivity contribution in [2.45, 2.75) is 25.0 Å². The number of carbonyl (C=O) groups excluding carboxylic acids is 2. The molecule has 0 spiro atoms. The summed E-state index contributed by atoms with van der Waals surface area (Å²) in [5, 5.41) is 0. The molecule has 2 aliphatic rings. The second kappa shape index (κ2) is 4.63. The number of benzene rings is 1. The van der Waals surface area contributed by atoms with Gasteiger partial charge in [0.25, 0.3) is 0 Å². The average molecular weight is 270 g/mol. The second-order valence-corrected chi connectivity index (χ2v) is 5.03. The molecule has 2 fully saturated rings. The van der Waals surface area contributed by atoms with Gasteiger partial charge in [-0.15, -0.1) is 0 Å². The molecule has 2 atom stereocenters. The molecule has 102 valence electrons. The van der Waals surface area contributed by atoms with Gasteiger partial charge in [0.05, 0.1) is 0 Å². The average Bonchev–Trinajstić information content (AvgIpc) is 2.94. The highest BCUT2D eigenvalue weighted by Gasteiger charge is 2.35. The van der Waals surface area contributed by atoms with Crippen molar-refractivity contribution < 1.29 is 19.1 Å². The Morgan fingerprint density at radius 2 is 1.25 bits per heavy atom. The normalized spacial score (nSPS) is 25.8. The summed E-state index contributed by atoms with van der Waals surface area (Å²) in [4.78, 5) is 22.9. The van der Waals surface area contributed by atoms with E-state index in [1.807, 2.05) is 24.3 Å². The van der Waals surface area contributed by atoms with Gasteiger partial charge < -0.3 is 9.47 Å². The van der Waals surface area contributed by atoms with E-state index in [1.54, 1.807) is 0 Å². The number of hydrogen-bond donors (Lipinski definition) is 0. The van der Waals surface area contributed by atoms with Crippen molar-refractivity contribution in [3.05, 3.63) is 59.7 Å². The topological polar surface area (TPSA) is 52.6 Å². The highest BCUT2D eigenvalue weighted by atomic mass is 16.6. The van der Waals surface area contributed by atoms with Crippen molar-refractivity contribution in [2.75, 3.05) is 0 Å². The summed E-state index contributed by atoms with van der Waals surface area (Å²) in [5.74, 6) is -0.727. The third-order valence-corrected chi connectivity index (χ3v) is 3.63. The van der Waals surface area contributed by atoms with Gasteiger partial charge in [0, 0.05) is 24.0 Å². The van der Waals surface area contributed by atoms with Crippen LogP contribution >= 0.6 is 0 Å². The van der Waals surface area contributed by atoms with E-state index in [0.717, 1.165) is 11.1 Å². The zero-order valence-electron chi connectivity index (χ0n) is 10.9. The Balaban J connectivity index is 1.93. The predicted octanol–water partition coefficient (Wildman–Crippen LogP) is 2.78. The SMILES string of the molecule is C=C1CC(c2ccccc2C2CC(=C)C(=O)O2)OC1=O. The first-order valence-electron chi connectivity index (χ1n) is 6.42. The fourth-order valence-electron chi connectivity index (χ4n) is 2.57. The maximum atomic E-state index is 11.5. The highest BCUT2D eigenvalue weighted by molar-refractivity contribution is 5.91. The third-order valence-electron chi connectivity index (χ3n) is 3.63. The third kappa shape index (κ3) is 2.03. The number of cyclic esters (lactones) is 2. The minimum absolute atomic E-state index is 0.348. The van der Waals surface area contributed by atoms with Crippen molar-refractivity contribution >= 4 is 11.9 Å². The van der Waals surface area contributed by atoms with Crippen LogP contribution in [-0.2, 0) is 19.1 Å². The molecule has 0 aliphatic carbocycles. The fourth-order valence-corrected chi connectivity index (χ4v) is 2.57. The van der Waals surface area contributed by atoms with Crippen LogP contribution in [0.2, 0.25) is 0 Å². The van der Waals surface area contributed by atoms with E-state index in [2.05, 4.69) is 13.2 Å². The molecule has 0 N–H and O–H groups in total. The molecule has 2 aliphatic heterocycles. The van der Waals surface area contributed by atoms with E-state index in [9.17, 15) is 9.59 Å². The molecule has 3 rings (SSSR count). The Morgan fingerprint density at radius 1 is 0.850 bits per heavy atom. The Hall–Kier alpha value is -2.36. The summed E-state index contributed by atoms with van der Waals surface area (Å²) < 4.78 is 10.6. The van der Waals surface area contributed by atoms with E-state index in [-0.39, 0.29) is 24.1 Å². The van der Waals surface area contributed by atoms with Gasteiger partial charge in [-0.25, -0.2) is 9.59 Å². The first kappa shape index (κ1) is 12.7. The first-order valence-corrected chi connectivity index (χ1v) is 6.42.